The van der Waals surface area contributed by atoms with E-state index >= 15 is 0 Å². The number of rotatable bonds is 3. The number of nitrogens with zero attached hydrogens (tertiary/aromatic N) is 2. The molecule has 0 spiro atoms. The molecule has 0 aromatic carbocycles. The molecule has 1 rings (SSSR count). The van der Waals surface area contributed by atoms with E-state index in [0.29, 0.717) is 5.69 Å². The summed E-state index contributed by atoms with van der Waals surface area (Å²) in [5, 5.41) is 3.85. The van der Waals surface area contributed by atoms with E-state index in [1.807, 2.05) is 0 Å². The highest BCUT2D eigenvalue weighted by molar-refractivity contribution is 5.10. The van der Waals surface area contributed by atoms with Crippen LogP contribution in [-0.4, -0.2) is 28.2 Å². The summed E-state index contributed by atoms with van der Waals surface area (Å²) in [6.07, 6.45) is -11.4. The maximum Gasteiger partial charge on any atom is 0.402 e. The number of nitrogens with two attached hydrogens (primary N) is 1. The number of hydrogen-bond donors (Lipinski definition) is 1. The van der Waals surface area contributed by atoms with Crippen molar-refractivity contribution >= 4 is 0 Å². The van der Waals surface area contributed by atoms with E-state index in [4.69, 9.17) is 5.73 Å². The monoisotopic (exact) mass is 289 g/mol. The van der Waals surface area contributed by atoms with Crippen LogP contribution in [0.4, 0.5) is 26.3 Å². The summed E-state index contributed by atoms with van der Waals surface area (Å²) >= 11 is 0. The standard InChI is InChI=1S/C10H13F6N3/c1-5-3-6(19(2)18-5)4-7(17)8(9(11,12)13)10(14,15)16/h3,7-8H,4,17H2,1-2H3. The molecule has 2 N–H and O–H groups in total. The van der Waals surface area contributed by atoms with Gasteiger partial charge in [-0.3, -0.25) is 4.68 Å². The van der Waals surface area contributed by atoms with Gasteiger partial charge in [-0.25, -0.2) is 0 Å². The van der Waals surface area contributed by atoms with Crippen LogP contribution < -0.4 is 5.73 Å². The van der Waals surface area contributed by atoms with Gasteiger partial charge in [0.25, 0.3) is 0 Å². The van der Waals surface area contributed by atoms with Crippen LogP contribution in [0.3, 0.4) is 0 Å². The van der Waals surface area contributed by atoms with Crippen LogP contribution in [0.5, 0.6) is 0 Å². The normalized spacial score (nSPS) is 15.1. The van der Waals surface area contributed by atoms with Crippen molar-refractivity contribution in [2.45, 2.75) is 31.7 Å². The van der Waals surface area contributed by atoms with Crippen molar-refractivity contribution in [3.8, 4) is 0 Å². The van der Waals surface area contributed by atoms with E-state index in [2.05, 4.69) is 5.10 Å². The first-order valence-electron chi connectivity index (χ1n) is 5.31. The van der Waals surface area contributed by atoms with Crippen LogP contribution in [0.15, 0.2) is 6.07 Å². The minimum Gasteiger partial charge on any atom is -0.326 e. The van der Waals surface area contributed by atoms with Crippen molar-refractivity contribution < 1.29 is 26.3 Å². The Morgan fingerprint density at radius 1 is 1.21 bits per heavy atom. The fourth-order valence-corrected chi connectivity index (χ4v) is 1.89. The van der Waals surface area contributed by atoms with Gasteiger partial charge in [-0.05, 0) is 13.0 Å². The third-order valence-corrected chi connectivity index (χ3v) is 2.68. The van der Waals surface area contributed by atoms with Crippen molar-refractivity contribution in [3.05, 3.63) is 17.5 Å². The lowest BCUT2D eigenvalue weighted by Gasteiger charge is -2.28. The highest BCUT2D eigenvalue weighted by Crippen LogP contribution is 2.41. The van der Waals surface area contributed by atoms with E-state index in [1.165, 1.54) is 17.8 Å². The molecule has 0 aliphatic rings. The largest absolute Gasteiger partial charge is 0.402 e. The first-order chi connectivity index (χ1) is 8.43. The molecule has 0 fully saturated rings. The van der Waals surface area contributed by atoms with Gasteiger partial charge >= 0.3 is 12.4 Å². The van der Waals surface area contributed by atoms with Gasteiger partial charge in [0, 0.05) is 25.2 Å². The summed E-state index contributed by atoms with van der Waals surface area (Å²) < 4.78 is 75.9. The summed E-state index contributed by atoms with van der Waals surface area (Å²) in [5.74, 6) is -3.55. The molecular weight excluding hydrogens is 276 g/mol. The number of halogens is 6. The summed E-state index contributed by atoms with van der Waals surface area (Å²) in [5.41, 5.74) is 5.84. The topological polar surface area (TPSA) is 43.8 Å². The zero-order chi connectivity index (χ0) is 15.0. The van der Waals surface area contributed by atoms with Gasteiger partial charge in [-0.2, -0.15) is 31.4 Å². The Labute approximate surface area is 105 Å². The number of aromatic nitrogens is 2. The molecule has 1 aromatic rings. The van der Waals surface area contributed by atoms with Crippen LogP contribution in [0.2, 0.25) is 0 Å². The van der Waals surface area contributed by atoms with Crippen LogP contribution in [-0.2, 0) is 13.5 Å². The summed E-state index contributed by atoms with van der Waals surface area (Å²) in [6, 6.07) is -0.696. The molecule has 0 saturated carbocycles. The average Bonchev–Trinajstić information content (AvgIpc) is 2.38. The minimum absolute atomic E-state index is 0.225. The van der Waals surface area contributed by atoms with Crippen molar-refractivity contribution in [3.63, 3.8) is 0 Å². The molecule has 0 bridgehead atoms. The summed E-state index contributed by atoms with van der Waals surface area (Å²) in [6.45, 7) is 1.58. The van der Waals surface area contributed by atoms with Crippen molar-refractivity contribution in [1.82, 2.24) is 9.78 Å². The molecule has 110 valence electrons. The molecule has 0 amide bonds. The molecule has 19 heavy (non-hydrogen) atoms. The number of alkyl halides is 6. The molecular formula is C10H13F6N3. The third kappa shape index (κ3) is 3.85. The molecule has 1 unspecified atom stereocenters. The second-order valence-electron chi connectivity index (χ2n) is 4.33. The molecule has 0 saturated heterocycles. The lowest BCUT2D eigenvalue weighted by atomic mass is 9.95. The zero-order valence-corrected chi connectivity index (χ0v) is 10.2. The van der Waals surface area contributed by atoms with Crippen molar-refractivity contribution in [2.24, 2.45) is 18.7 Å². The van der Waals surface area contributed by atoms with Crippen LogP contribution in [0, 0.1) is 12.8 Å². The van der Waals surface area contributed by atoms with E-state index in [1.54, 1.807) is 6.92 Å². The van der Waals surface area contributed by atoms with E-state index < -0.39 is 30.7 Å². The quantitative estimate of drug-likeness (QED) is 0.868. The van der Waals surface area contributed by atoms with Gasteiger partial charge in [0.05, 0.1) is 5.69 Å². The third-order valence-electron chi connectivity index (χ3n) is 2.68. The molecule has 1 aromatic heterocycles. The number of hydrogen-bond acceptors (Lipinski definition) is 2. The SMILES string of the molecule is Cc1cc(CC(N)C(C(F)(F)F)C(F)(F)F)n(C)n1. The predicted molar refractivity (Wildman–Crippen MR) is 55.2 cm³/mol. The summed E-state index contributed by atoms with van der Waals surface area (Å²) in [7, 11) is 1.44. The van der Waals surface area contributed by atoms with Gasteiger partial charge in [-0.15, -0.1) is 0 Å². The van der Waals surface area contributed by atoms with Gasteiger partial charge in [0.1, 0.15) is 0 Å². The predicted octanol–water partition coefficient (Wildman–Crippen LogP) is 2.34. The van der Waals surface area contributed by atoms with Crippen LogP contribution in [0.1, 0.15) is 11.4 Å². The Morgan fingerprint density at radius 3 is 2.00 bits per heavy atom. The maximum absolute atomic E-state index is 12.5. The van der Waals surface area contributed by atoms with Crippen molar-refractivity contribution in [1.29, 1.82) is 0 Å². The highest BCUT2D eigenvalue weighted by Gasteiger charge is 2.59. The molecule has 0 aliphatic heterocycles. The fraction of sp³-hybridized carbons (Fsp3) is 0.700. The highest BCUT2D eigenvalue weighted by atomic mass is 19.4. The molecule has 1 heterocycles. The first-order valence-corrected chi connectivity index (χ1v) is 5.31. The molecule has 1 atom stereocenters. The summed E-state index contributed by atoms with van der Waals surface area (Å²) in [4.78, 5) is 0. The zero-order valence-electron chi connectivity index (χ0n) is 10.2. The van der Waals surface area contributed by atoms with E-state index in [0.717, 1.165) is 0 Å². The Kier molecular flexibility index (Phi) is 4.18. The minimum atomic E-state index is -5.43. The second kappa shape index (κ2) is 5.03. The maximum atomic E-state index is 12.5. The molecule has 9 heteroatoms. The van der Waals surface area contributed by atoms with E-state index in [9.17, 15) is 26.3 Å². The molecule has 0 aliphatic carbocycles. The van der Waals surface area contributed by atoms with Gasteiger partial charge in [-0.1, -0.05) is 0 Å². The van der Waals surface area contributed by atoms with Crippen LogP contribution in [0.25, 0.3) is 0 Å². The molecule has 0 radical (unpaired) electrons. The van der Waals surface area contributed by atoms with Crippen molar-refractivity contribution in [2.75, 3.05) is 0 Å². The van der Waals surface area contributed by atoms with E-state index in [-0.39, 0.29) is 5.69 Å². The Hall–Kier alpha value is -1.25. The van der Waals surface area contributed by atoms with Gasteiger partial charge < -0.3 is 5.73 Å². The fourth-order valence-electron chi connectivity index (χ4n) is 1.89. The Balaban J connectivity index is 2.96. The van der Waals surface area contributed by atoms with Gasteiger partial charge in [0.15, 0.2) is 5.92 Å². The molecule has 3 nitrogen and oxygen atoms in total. The van der Waals surface area contributed by atoms with Gasteiger partial charge in [0.2, 0.25) is 0 Å². The average molecular weight is 289 g/mol. The second-order valence-corrected chi connectivity index (χ2v) is 4.33. The Bertz CT molecular complexity index is 419. The number of aryl methyl sites for hydroxylation is 2. The lowest BCUT2D eigenvalue weighted by Crippen LogP contribution is -2.50. The first kappa shape index (κ1) is 15.8. The Morgan fingerprint density at radius 2 is 1.68 bits per heavy atom. The lowest BCUT2D eigenvalue weighted by molar-refractivity contribution is -0.289. The van der Waals surface area contributed by atoms with Crippen LogP contribution >= 0.6 is 0 Å². The smallest absolute Gasteiger partial charge is 0.326 e.